The molecule has 19 heavy (non-hydrogen) atoms. The lowest BCUT2D eigenvalue weighted by molar-refractivity contribution is -0.385. The highest BCUT2D eigenvalue weighted by molar-refractivity contribution is 5.61. The third kappa shape index (κ3) is 3.10. The van der Waals surface area contributed by atoms with Gasteiger partial charge in [-0.2, -0.15) is 4.98 Å². The molecule has 7 nitrogen and oxygen atoms in total. The number of aryl methyl sites for hydroxylation is 1. The van der Waals surface area contributed by atoms with E-state index < -0.39 is 4.92 Å². The van der Waals surface area contributed by atoms with Crippen LogP contribution in [0.2, 0.25) is 0 Å². The molecule has 0 atom stereocenters. The van der Waals surface area contributed by atoms with E-state index in [0.717, 1.165) is 12.8 Å². The number of nitro groups is 1. The lowest BCUT2D eigenvalue weighted by atomic mass is 10.1. The minimum atomic E-state index is -0.428. The molecule has 1 aromatic rings. The van der Waals surface area contributed by atoms with E-state index in [1.54, 1.807) is 6.92 Å². The van der Waals surface area contributed by atoms with Crippen LogP contribution in [0.3, 0.4) is 0 Å². The fourth-order valence-corrected chi connectivity index (χ4v) is 1.83. The largest absolute Gasteiger partial charge is 0.364 e. The summed E-state index contributed by atoms with van der Waals surface area (Å²) in [5.41, 5.74) is 0.593. The number of nitrogens with one attached hydrogen (secondary N) is 2. The molecule has 0 radical (unpaired) electrons. The van der Waals surface area contributed by atoms with E-state index in [1.807, 2.05) is 6.92 Å². The number of anilines is 2. The highest BCUT2D eigenvalue weighted by Gasteiger charge is 2.37. The van der Waals surface area contributed by atoms with Crippen molar-refractivity contribution in [3.8, 4) is 0 Å². The molecule has 1 saturated carbocycles. The van der Waals surface area contributed by atoms with Gasteiger partial charge in [-0.25, -0.2) is 4.98 Å². The van der Waals surface area contributed by atoms with Crippen LogP contribution in [0.15, 0.2) is 0 Å². The molecule has 1 aromatic heterocycles. The Labute approximate surface area is 112 Å². The maximum absolute atomic E-state index is 11.1. The summed E-state index contributed by atoms with van der Waals surface area (Å²) in [5.74, 6) is 0.732. The number of nitrogens with zero attached hydrogens (tertiary/aromatic N) is 3. The van der Waals surface area contributed by atoms with Crippen molar-refractivity contribution in [1.29, 1.82) is 0 Å². The van der Waals surface area contributed by atoms with Crippen molar-refractivity contribution in [3.63, 3.8) is 0 Å². The first-order chi connectivity index (χ1) is 8.95. The van der Waals surface area contributed by atoms with Crippen molar-refractivity contribution >= 4 is 17.5 Å². The Balaban J connectivity index is 2.27. The Hall–Kier alpha value is -1.92. The van der Waals surface area contributed by atoms with Gasteiger partial charge in [0.1, 0.15) is 5.69 Å². The Morgan fingerprint density at radius 2 is 2.05 bits per heavy atom. The summed E-state index contributed by atoms with van der Waals surface area (Å²) in [7, 11) is 0. The lowest BCUT2D eigenvalue weighted by Crippen LogP contribution is -2.16. The van der Waals surface area contributed by atoms with Crippen LogP contribution in [0.1, 0.15) is 32.4 Å². The van der Waals surface area contributed by atoms with Crippen molar-refractivity contribution in [2.45, 2.75) is 33.6 Å². The van der Waals surface area contributed by atoms with Gasteiger partial charge < -0.3 is 10.6 Å². The van der Waals surface area contributed by atoms with Gasteiger partial charge in [-0.15, -0.1) is 0 Å². The Morgan fingerprint density at radius 3 is 2.58 bits per heavy atom. The van der Waals surface area contributed by atoms with Gasteiger partial charge >= 0.3 is 5.69 Å². The third-order valence-corrected chi connectivity index (χ3v) is 3.36. The average Bonchev–Trinajstić information content (AvgIpc) is 3.05. The first kappa shape index (κ1) is 13.5. The van der Waals surface area contributed by atoms with Crippen LogP contribution in [0.4, 0.5) is 17.5 Å². The molecule has 0 spiro atoms. The van der Waals surface area contributed by atoms with Crippen LogP contribution in [-0.4, -0.2) is 28.0 Å². The van der Waals surface area contributed by atoms with Crippen LogP contribution in [0.5, 0.6) is 0 Å². The van der Waals surface area contributed by atoms with Crippen molar-refractivity contribution in [2.24, 2.45) is 5.41 Å². The van der Waals surface area contributed by atoms with Gasteiger partial charge in [0.25, 0.3) is 0 Å². The normalized spacial score (nSPS) is 15.9. The van der Waals surface area contributed by atoms with Gasteiger partial charge in [-0.1, -0.05) is 6.92 Å². The fraction of sp³-hybridized carbons (Fsp3) is 0.667. The van der Waals surface area contributed by atoms with Gasteiger partial charge in [-0.3, -0.25) is 10.1 Å². The Kier molecular flexibility index (Phi) is 3.55. The molecule has 0 amide bonds. The molecule has 104 valence electrons. The second-order valence-corrected chi connectivity index (χ2v) is 5.28. The van der Waals surface area contributed by atoms with Gasteiger partial charge in [0, 0.05) is 13.1 Å². The molecule has 2 N–H and O–H groups in total. The minimum Gasteiger partial charge on any atom is -0.364 e. The van der Waals surface area contributed by atoms with Crippen molar-refractivity contribution < 1.29 is 4.92 Å². The maximum atomic E-state index is 11.1. The van der Waals surface area contributed by atoms with E-state index in [0.29, 0.717) is 30.5 Å². The monoisotopic (exact) mass is 265 g/mol. The van der Waals surface area contributed by atoms with E-state index >= 15 is 0 Å². The zero-order valence-corrected chi connectivity index (χ0v) is 11.5. The summed E-state index contributed by atoms with van der Waals surface area (Å²) in [6.45, 7) is 7.10. The topological polar surface area (TPSA) is 93.0 Å². The van der Waals surface area contributed by atoms with Crippen LogP contribution in [0.25, 0.3) is 0 Å². The standard InChI is InChI=1S/C12H19N5O2/c1-4-13-11-15-8(2)9(17(18)19)10(16-11)14-7-12(3)5-6-12/h4-7H2,1-3H3,(H2,13,14,15,16). The van der Waals surface area contributed by atoms with Crippen LogP contribution in [0, 0.1) is 22.5 Å². The highest BCUT2D eigenvalue weighted by Crippen LogP contribution is 2.45. The van der Waals surface area contributed by atoms with Gasteiger partial charge in [0.2, 0.25) is 11.8 Å². The number of hydrogen-bond donors (Lipinski definition) is 2. The minimum absolute atomic E-state index is 0.0362. The lowest BCUT2D eigenvalue weighted by Gasteiger charge is -2.12. The van der Waals surface area contributed by atoms with Crippen molar-refractivity contribution in [1.82, 2.24) is 9.97 Å². The predicted molar refractivity (Wildman–Crippen MR) is 73.4 cm³/mol. The average molecular weight is 265 g/mol. The van der Waals surface area contributed by atoms with E-state index in [9.17, 15) is 10.1 Å². The molecule has 2 rings (SSSR count). The van der Waals surface area contributed by atoms with Crippen molar-refractivity contribution in [3.05, 3.63) is 15.8 Å². The van der Waals surface area contributed by atoms with E-state index in [-0.39, 0.29) is 11.1 Å². The van der Waals surface area contributed by atoms with Crippen molar-refractivity contribution in [2.75, 3.05) is 23.7 Å². The summed E-state index contributed by atoms with van der Waals surface area (Å²) in [6.07, 6.45) is 2.30. The van der Waals surface area contributed by atoms with Crippen LogP contribution in [-0.2, 0) is 0 Å². The molecule has 1 aliphatic carbocycles. The SMILES string of the molecule is CCNc1nc(C)c([N+](=O)[O-])c(NCC2(C)CC2)n1. The van der Waals surface area contributed by atoms with Crippen LogP contribution < -0.4 is 10.6 Å². The van der Waals surface area contributed by atoms with E-state index in [2.05, 4.69) is 27.5 Å². The smallest absolute Gasteiger partial charge is 0.332 e. The molecule has 1 fully saturated rings. The Morgan fingerprint density at radius 1 is 1.37 bits per heavy atom. The first-order valence-corrected chi connectivity index (χ1v) is 6.46. The second kappa shape index (κ2) is 4.99. The van der Waals surface area contributed by atoms with Crippen LogP contribution >= 0.6 is 0 Å². The van der Waals surface area contributed by atoms with Gasteiger partial charge in [0.05, 0.1) is 4.92 Å². The molecular formula is C12H19N5O2. The highest BCUT2D eigenvalue weighted by atomic mass is 16.6. The summed E-state index contributed by atoms with van der Waals surface area (Å²) < 4.78 is 0. The predicted octanol–water partition coefficient (Wildman–Crippen LogP) is 2.34. The molecule has 0 aliphatic heterocycles. The first-order valence-electron chi connectivity index (χ1n) is 6.46. The van der Waals surface area contributed by atoms with Gasteiger partial charge in [0.15, 0.2) is 0 Å². The number of hydrogen-bond acceptors (Lipinski definition) is 6. The molecule has 0 bridgehead atoms. The molecule has 0 saturated heterocycles. The quantitative estimate of drug-likeness (QED) is 0.605. The summed E-state index contributed by atoms with van der Waals surface area (Å²) in [5, 5.41) is 17.2. The number of aromatic nitrogens is 2. The summed E-state index contributed by atoms with van der Waals surface area (Å²) >= 11 is 0. The third-order valence-electron chi connectivity index (χ3n) is 3.36. The molecule has 0 aromatic carbocycles. The summed E-state index contributed by atoms with van der Waals surface area (Å²) in [4.78, 5) is 19.0. The second-order valence-electron chi connectivity index (χ2n) is 5.28. The fourth-order valence-electron chi connectivity index (χ4n) is 1.83. The molecular weight excluding hydrogens is 246 g/mol. The molecule has 7 heteroatoms. The van der Waals surface area contributed by atoms with E-state index in [1.165, 1.54) is 0 Å². The zero-order valence-electron chi connectivity index (χ0n) is 11.5. The number of rotatable bonds is 6. The molecule has 1 heterocycles. The maximum Gasteiger partial charge on any atom is 0.332 e. The molecule has 0 unspecified atom stereocenters. The van der Waals surface area contributed by atoms with Gasteiger partial charge in [-0.05, 0) is 32.1 Å². The zero-order chi connectivity index (χ0) is 14.0. The molecule has 1 aliphatic rings. The Bertz CT molecular complexity index is 499. The van der Waals surface area contributed by atoms with E-state index in [4.69, 9.17) is 0 Å². The summed E-state index contributed by atoms with van der Waals surface area (Å²) in [6, 6.07) is 0.